The number of aryl methyl sites for hydroxylation is 1. The molecule has 5 heteroatoms. The maximum Gasteiger partial charge on any atom is 0.253 e. The molecule has 4 rings (SSSR count). The van der Waals surface area contributed by atoms with E-state index >= 15 is 0 Å². The highest BCUT2D eigenvalue weighted by Gasteiger charge is 2.22. The Labute approximate surface area is 146 Å². The van der Waals surface area contributed by atoms with Crippen molar-refractivity contribution < 1.29 is 4.79 Å². The summed E-state index contributed by atoms with van der Waals surface area (Å²) in [5, 5.41) is 10.0. The molecule has 0 radical (unpaired) electrons. The van der Waals surface area contributed by atoms with E-state index in [1.165, 1.54) is 11.3 Å². The van der Waals surface area contributed by atoms with Crippen LogP contribution < -0.4 is 4.90 Å². The second-order valence-electron chi connectivity index (χ2n) is 6.45. The van der Waals surface area contributed by atoms with Gasteiger partial charge in [0.15, 0.2) is 0 Å². The Morgan fingerprint density at radius 1 is 0.880 bits per heavy atom. The van der Waals surface area contributed by atoms with Crippen molar-refractivity contribution in [2.45, 2.75) is 6.92 Å². The summed E-state index contributed by atoms with van der Waals surface area (Å²) in [4.78, 5) is 16.9. The molecule has 0 saturated carbocycles. The first-order valence-corrected chi connectivity index (χ1v) is 8.52. The third kappa shape index (κ3) is 3.18. The third-order valence-electron chi connectivity index (χ3n) is 4.76. The Kier molecular flexibility index (Phi) is 4.06. The summed E-state index contributed by atoms with van der Waals surface area (Å²) in [7, 11) is 0. The van der Waals surface area contributed by atoms with Gasteiger partial charge in [-0.1, -0.05) is 23.8 Å². The molecule has 0 N–H and O–H groups in total. The molecule has 0 atom stereocenters. The maximum absolute atomic E-state index is 12.6. The van der Waals surface area contributed by atoms with Gasteiger partial charge in [-0.15, -0.1) is 0 Å². The summed E-state index contributed by atoms with van der Waals surface area (Å²) in [5.74, 6) is 0.119. The molecule has 1 fully saturated rings. The van der Waals surface area contributed by atoms with Crippen molar-refractivity contribution in [3.63, 3.8) is 0 Å². The van der Waals surface area contributed by atoms with Crippen molar-refractivity contribution in [3.8, 4) is 0 Å². The van der Waals surface area contributed by atoms with Gasteiger partial charge in [0, 0.05) is 48.2 Å². The molecular weight excluding hydrogens is 312 g/mol. The van der Waals surface area contributed by atoms with Crippen LogP contribution in [0.1, 0.15) is 15.9 Å². The molecule has 0 bridgehead atoms. The van der Waals surface area contributed by atoms with Crippen molar-refractivity contribution in [3.05, 3.63) is 66.0 Å². The topological polar surface area (TPSA) is 49.3 Å². The van der Waals surface area contributed by atoms with Gasteiger partial charge in [-0.05, 0) is 31.2 Å². The first-order chi connectivity index (χ1) is 12.2. The molecule has 2 heterocycles. The molecule has 0 aliphatic carbocycles. The van der Waals surface area contributed by atoms with Gasteiger partial charge in [-0.3, -0.25) is 4.79 Å². The van der Waals surface area contributed by atoms with Gasteiger partial charge < -0.3 is 9.80 Å². The molecule has 2 aromatic carbocycles. The van der Waals surface area contributed by atoms with E-state index in [9.17, 15) is 4.79 Å². The number of fused-ring (bicyclic) bond motifs is 1. The van der Waals surface area contributed by atoms with Crippen LogP contribution in [0.15, 0.2) is 54.9 Å². The largest absolute Gasteiger partial charge is 0.368 e. The van der Waals surface area contributed by atoms with Crippen molar-refractivity contribution in [2.75, 3.05) is 31.1 Å². The van der Waals surface area contributed by atoms with Gasteiger partial charge in [0.2, 0.25) is 0 Å². The predicted octanol–water partition coefficient (Wildman–Crippen LogP) is 2.90. The van der Waals surface area contributed by atoms with Crippen LogP contribution in [0.2, 0.25) is 0 Å². The zero-order chi connectivity index (χ0) is 17.2. The lowest BCUT2D eigenvalue weighted by atomic mass is 10.1. The number of aromatic nitrogens is 2. The summed E-state index contributed by atoms with van der Waals surface area (Å²) in [6.45, 7) is 5.17. The van der Waals surface area contributed by atoms with Crippen LogP contribution in [0.3, 0.4) is 0 Å². The normalized spacial score (nSPS) is 14.8. The number of nitrogens with zero attached hydrogens (tertiary/aromatic N) is 4. The minimum Gasteiger partial charge on any atom is -0.368 e. The van der Waals surface area contributed by atoms with Gasteiger partial charge in [0.05, 0.1) is 12.4 Å². The van der Waals surface area contributed by atoms with Crippen molar-refractivity contribution in [2.24, 2.45) is 0 Å². The van der Waals surface area contributed by atoms with Gasteiger partial charge >= 0.3 is 0 Å². The Morgan fingerprint density at radius 2 is 1.56 bits per heavy atom. The van der Waals surface area contributed by atoms with Crippen LogP contribution in [-0.4, -0.2) is 47.2 Å². The number of anilines is 1. The zero-order valence-electron chi connectivity index (χ0n) is 14.2. The number of carbonyl (C=O) groups excluding carboxylic acids is 1. The van der Waals surface area contributed by atoms with Gasteiger partial charge in [-0.2, -0.15) is 10.2 Å². The van der Waals surface area contributed by atoms with Crippen molar-refractivity contribution >= 4 is 22.4 Å². The van der Waals surface area contributed by atoms with Gasteiger partial charge in [0.25, 0.3) is 5.91 Å². The molecule has 1 aliphatic rings. The molecule has 0 unspecified atom stereocenters. The number of hydrogen-bond acceptors (Lipinski definition) is 4. The Balaban J connectivity index is 1.45. The van der Waals surface area contributed by atoms with E-state index < -0.39 is 0 Å². The highest BCUT2D eigenvalue weighted by atomic mass is 16.2. The second kappa shape index (κ2) is 6.51. The molecule has 1 aliphatic heterocycles. The van der Waals surface area contributed by atoms with E-state index in [1.807, 2.05) is 36.1 Å². The lowest BCUT2D eigenvalue weighted by Gasteiger charge is -2.36. The first kappa shape index (κ1) is 15.6. The maximum atomic E-state index is 12.6. The van der Waals surface area contributed by atoms with Crippen molar-refractivity contribution in [1.29, 1.82) is 0 Å². The summed E-state index contributed by atoms with van der Waals surface area (Å²) >= 11 is 0. The minimum atomic E-state index is 0.119. The van der Waals surface area contributed by atoms with Crippen LogP contribution in [0, 0.1) is 6.92 Å². The smallest absolute Gasteiger partial charge is 0.253 e. The first-order valence-electron chi connectivity index (χ1n) is 8.52. The number of amides is 1. The Hall–Kier alpha value is -2.95. The van der Waals surface area contributed by atoms with Crippen LogP contribution in [0.5, 0.6) is 0 Å². The quantitative estimate of drug-likeness (QED) is 0.724. The molecule has 0 spiro atoms. The minimum absolute atomic E-state index is 0.119. The van der Waals surface area contributed by atoms with E-state index in [-0.39, 0.29) is 5.91 Å². The Morgan fingerprint density at radius 3 is 2.28 bits per heavy atom. The fraction of sp³-hybridized carbons (Fsp3) is 0.250. The van der Waals surface area contributed by atoms with Gasteiger partial charge in [-0.25, -0.2) is 0 Å². The lowest BCUT2D eigenvalue weighted by molar-refractivity contribution is 0.0747. The van der Waals surface area contributed by atoms with Crippen LogP contribution in [0.4, 0.5) is 5.69 Å². The Bertz CT molecular complexity index is 899. The highest BCUT2D eigenvalue weighted by molar-refractivity contribution is 5.94. The van der Waals surface area contributed by atoms with Crippen molar-refractivity contribution in [1.82, 2.24) is 15.1 Å². The summed E-state index contributed by atoms with van der Waals surface area (Å²) in [6, 6.07) is 14.1. The average molecular weight is 332 g/mol. The molecule has 1 aromatic heterocycles. The van der Waals surface area contributed by atoms with E-state index in [1.54, 1.807) is 12.4 Å². The number of piperazine rings is 1. The van der Waals surface area contributed by atoms with Crippen LogP contribution >= 0.6 is 0 Å². The number of hydrogen-bond donors (Lipinski definition) is 0. The fourth-order valence-corrected chi connectivity index (χ4v) is 3.23. The van der Waals surface area contributed by atoms with E-state index in [2.05, 4.69) is 33.3 Å². The van der Waals surface area contributed by atoms with E-state index in [4.69, 9.17) is 0 Å². The molecule has 3 aromatic rings. The van der Waals surface area contributed by atoms with Crippen LogP contribution in [0.25, 0.3) is 10.8 Å². The van der Waals surface area contributed by atoms with Gasteiger partial charge in [0.1, 0.15) is 0 Å². The summed E-state index contributed by atoms with van der Waals surface area (Å²) < 4.78 is 0. The highest BCUT2D eigenvalue weighted by Crippen LogP contribution is 2.22. The predicted molar refractivity (Wildman–Crippen MR) is 98.8 cm³/mol. The standard InChI is InChI=1S/C20H20N4O/c1-15-2-4-16(5-3-15)20(25)24-10-8-23(9-11-24)19-7-6-17-13-21-22-14-18(17)12-19/h2-7,12-14H,8-11H2,1H3. The number of rotatable bonds is 2. The SMILES string of the molecule is Cc1ccc(C(=O)N2CCN(c3ccc4cnncc4c3)CC2)cc1. The molecule has 126 valence electrons. The number of benzene rings is 2. The number of carbonyl (C=O) groups is 1. The van der Waals surface area contributed by atoms with E-state index in [0.717, 1.165) is 42.5 Å². The monoisotopic (exact) mass is 332 g/mol. The molecular formula is C20H20N4O. The second-order valence-corrected chi connectivity index (χ2v) is 6.45. The molecule has 5 nitrogen and oxygen atoms in total. The average Bonchev–Trinajstić information content (AvgIpc) is 2.68. The molecule has 1 amide bonds. The van der Waals surface area contributed by atoms with Crippen LogP contribution in [-0.2, 0) is 0 Å². The molecule has 1 saturated heterocycles. The third-order valence-corrected chi connectivity index (χ3v) is 4.76. The summed E-state index contributed by atoms with van der Waals surface area (Å²) in [5.41, 5.74) is 3.11. The summed E-state index contributed by atoms with van der Waals surface area (Å²) in [6.07, 6.45) is 3.56. The fourth-order valence-electron chi connectivity index (χ4n) is 3.23. The molecule has 25 heavy (non-hydrogen) atoms. The lowest BCUT2D eigenvalue weighted by Crippen LogP contribution is -2.48. The zero-order valence-corrected chi connectivity index (χ0v) is 14.2. The van der Waals surface area contributed by atoms with E-state index in [0.29, 0.717) is 0 Å².